The lowest BCUT2D eigenvalue weighted by Crippen LogP contribution is -2.47. The standard InChI is InChI=1S/C15H19N3O3/c1-10(2)13(14(16)20)18-15(21)12-7-11(8-17-9-12)5-3-4-6-19/h7-10,13,19H,4,6H2,1-2H3,(H2,16,20)(H,18,21). The zero-order valence-corrected chi connectivity index (χ0v) is 12.1. The molecule has 4 N–H and O–H groups in total. The Morgan fingerprint density at radius 2 is 2.14 bits per heavy atom. The van der Waals surface area contributed by atoms with Crippen LogP contribution in [0.25, 0.3) is 0 Å². The van der Waals surface area contributed by atoms with Crippen molar-refractivity contribution in [2.75, 3.05) is 6.61 Å². The largest absolute Gasteiger partial charge is 0.395 e. The highest BCUT2D eigenvalue weighted by molar-refractivity contribution is 5.97. The van der Waals surface area contributed by atoms with E-state index in [0.717, 1.165) is 0 Å². The first-order valence-corrected chi connectivity index (χ1v) is 6.60. The fraction of sp³-hybridized carbons (Fsp3) is 0.400. The number of nitrogens with two attached hydrogens (primary N) is 1. The molecule has 0 aromatic carbocycles. The van der Waals surface area contributed by atoms with E-state index in [2.05, 4.69) is 22.1 Å². The highest BCUT2D eigenvalue weighted by Crippen LogP contribution is 2.05. The van der Waals surface area contributed by atoms with Gasteiger partial charge in [0.05, 0.1) is 12.2 Å². The van der Waals surface area contributed by atoms with Crippen molar-refractivity contribution in [2.24, 2.45) is 11.7 Å². The lowest BCUT2D eigenvalue weighted by Gasteiger charge is -2.18. The van der Waals surface area contributed by atoms with Crippen molar-refractivity contribution >= 4 is 11.8 Å². The van der Waals surface area contributed by atoms with Crippen LogP contribution in [-0.4, -0.2) is 34.6 Å². The van der Waals surface area contributed by atoms with E-state index in [4.69, 9.17) is 10.8 Å². The molecule has 0 bridgehead atoms. The number of pyridine rings is 1. The molecule has 0 saturated heterocycles. The summed E-state index contributed by atoms with van der Waals surface area (Å²) in [5, 5.41) is 11.2. The third-order valence-corrected chi connectivity index (χ3v) is 2.73. The Morgan fingerprint density at radius 1 is 1.43 bits per heavy atom. The van der Waals surface area contributed by atoms with Crippen LogP contribution < -0.4 is 11.1 Å². The molecule has 1 rings (SSSR count). The summed E-state index contributed by atoms with van der Waals surface area (Å²) in [7, 11) is 0. The van der Waals surface area contributed by atoms with Crippen molar-refractivity contribution in [3.05, 3.63) is 29.6 Å². The van der Waals surface area contributed by atoms with Crippen LogP contribution in [0, 0.1) is 17.8 Å². The maximum atomic E-state index is 12.1. The second kappa shape index (κ2) is 8.02. The van der Waals surface area contributed by atoms with Crippen LogP contribution in [0.4, 0.5) is 0 Å². The number of carbonyl (C=O) groups excluding carboxylic acids is 2. The Bertz CT molecular complexity index is 573. The molecule has 1 aromatic heterocycles. The minimum absolute atomic E-state index is 0.0186. The summed E-state index contributed by atoms with van der Waals surface area (Å²) in [6, 6.07) is 0.840. The van der Waals surface area contributed by atoms with E-state index < -0.39 is 17.9 Å². The highest BCUT2D eigenvalue weighted by atomic mass is 16.2. The molecule has 2 amide bonds. The van der Waals surface area contributed by atoms with Gasteiger partial charge in [-0.2, -0.15) is 0 Å². The topological polar surface area (TPSA) is 105 Å². The molecule has 0 aliphatic heterocycles. The zero-order valence-electron chi connectivity index (χ0n) is 12.1. The lowest BCUT2D eigenvalue weighted by atomic mass is 10.0. The van der Waals surface area contributed by atoms with Crippen molar-refractivity contribution in [1.29, 1.82) is 0 Å². The Kier molecular flexibility index (Phi) is 6.37. The number of hydrogen-bond donors (Lipinski definition) is 3. The summed E-state index contributed by atoms with van der Waals surface area (Å²) in [6.07, 6.45) is 3.27. The molecule has 6 heteroatoms. The van der Waals surface area contributed by atoms with Crippen molar-refractivity contribution in [3.8, 4) is 11.8 Å². The normalized spacial score (nSPS) is 11.4. The number of rotatable bonds is 5. The van der Waals surface area contributed by atoms with E-state index in [1.165, 1.54) is 12.4 Å². The fourth-order valence-corrected chi connectivity index (χ4v) is 1.64. The third kappa shape index (κ3) is 5.24. The van der Waals surface area contributed by atoms with E-state index in [-0.39, 0.29) is 12.5 Å². The number of primary amides is 1. The summed E-state index contributed by atoms with van der Waals surface area (Å²) in [6.45, 7) is 3.57. The van der Waals surface area contributed by atoms with Gasteiger partial charge >= 0.3 is 0 Å². The van der Waals surface area contributed by atoms with Gasteiger partial charge in [-0.25, -0.2) is 0 Å². The van der Waals surface area contributed by atoms with Crippen LogP contribution in [0.5, 0.6) is 0 Å². The molecular weight excluding hydrogens is 270 g/mol. The van der Waals surface area contributed by atoms with E-state index in [9.17, 15) is 9.59 Å². The van der Waals surface area contributed by atoms with E-state index in [1.54, 1.807) is 19.9 Å². The molecule has 0 spiro atoms. The van der Waals surface area contributed by atoms with Gasteiger partial charge in [0, 0.05) is 24.4 Å². The van der Waals surface area contributed by atoms with Gasteiger partial charge in [-0.3, -0.25) is 14.6 Å². The van der Waals surface area contributed by atoms with Crippen molar-refractivity contribution in [1.82, 2.24) is 10.3 Å². The Labute approximate surface area is 123 Å². The molecule has 21 heavy (non-hydrogen) atoms. The highest BCUT2D eigenvalue weighted by Gasteiger charge is 2.22. The number of aliphatic hydroxyl groups excluding tert-OH is 1. The average molecular weight is 289 g/mol. The molecule has 112 valence electrons. The number of carbonyl (C=O) groups is 2. The quantitative estimate of drug-likeness (QED) is 0.666. The summed E-state index contributed by atoms with van der Waals surface area (Å²) >= 11 is 0. The maximum absolute atomic E-state index is 12.1. The van der Waals surface area contributed by atoms with Crippen LogP contribution in [0.15, 0.2) is 18.5 Å². The number of amides is 2. The van der Waals surface area contributed by atoms with Gasteiger partial charge in [0.2, 0.25) is 5.91 Å². The van der Waals surface area contributed by atoms with Crippen molar-refractivity contribution in [2.45, 2.75) is 26.3 Å². The number of nitrogens with zero attached hydrogens (tertiary/aromatic N) is 1. The summed E-state index contributed by atoms with van der Waals surface area (Å²) in [4.78, 5) is 27.3. The predicted molar refractivity (Wildman–Crippen MR) is 78.1 cm³/mol. The van der Waals surface area contributed by atoms with Gasteiger partial charge in [0.15, 0.2) is 0 Å². The number of aromatic nitrogens is 1. The predicted octanol–water partition coefficient (Wildman–Crippen LogP) is 0.0552. The number of hydrogen-bond acceptors (Lipinski definition) is 4. The summed E-state index contributed by atoms with van der Waals surface area (Å²) in [5.41, 5.74) is 6.13. The molecule has 0 aliphatic rings. The van der Waals surface area contributed by atoms with Gasteiger partial charge in [-0.05, 0) is 12.0 Å². The van der Waals surface area contributed by atoms with Gasteiger partial charge in [0.25, 0.3) is 5.91 Å². The maximum Gasteiger partial charge on any atom is 0.253 e. The SMILES string of the molecule is CC(C)C(NC(=O)c1cncc(C#CCCO)c1)C(N)=O. The number of nitrogens with one attached hydrogen (secondary N) is 1. The Balaban J connectivity index is 2.86. The first-order valence-electron chi connectivity index (χ1n) is 6.60. The molecule has 1 heterocycles. The first kappa shape index (κ1) is 16.7. The molecular formula is C15H19N3O3. The molecule has 1 atom stereocenters. The summed E-state index contributed by atoms with van der Waals surface area (Å²) in [5.74, 6) is 4.44. The van der Waals surface area contributed by atoms with Crippen LogP contribution in [0.2, 0.25) is 0 Å². The third-order valence-electron chi connectivity index (χ3n) is 2.73. The van der Waals surface area contributed by atoms with Crippen LogP contribution in [0.1, 0.15) is 36.2 Å². The minimum atomic E-state index is -0.735. The molecule has 0 saturated carbocycles. The molecule has 0 radical (unpaired) electrons. The average Bonchev–Trinajstić information content (AvgIpc) is 2.44. The zero-order chi connectivity index (χ0) is 15.8. The second-order valence-corrected chi connectivity index (χ2v) is 4.84. The van der Waals surface area contributed by atoms with E-state index >= 15 is 0 Å². The Hall–Kier alpha value is -2.39. The van der Waals surface area contributed by atoms with Crippen molar-refractivity contribution in [3.63, 3.8) is 0 Å². The first-order chi connectivity index (χ1) is 9.95. The Morgan fingerprint density at radius 3 is 2.71 bits per heavy atom. The number of aliphatic hydroxyl groups is 1. The molecule has 1 aromatic rings. The molecule has 0 fully saturated rings. The monoisotopic (exact) mass is 289 g/mol. The second-order valence-electron chi connectivity index (χ2n) is 4.84. The molecule has 1 unspecified atom stereocenters. The van der Waals surface area contributed by atoms with Crippen LogP contribution in [0.3, 0.4) is 0 Å². The fourth-order valence-electron chi connectivity index (χ4n) is 1.64. The van der Waals surface area contributed by atoms with E-state index in [1.807, 2.05) is 0 Å². The van der Waals surface area contributed by atoms with E-state index in [0.29, 0.717) is 17.5 Å². The summed E-state index contributed by atoms with van der Waals surface area (Å²) < 4.78 is 0. The van der Waals surface area contributed by atoms with Gasteiger partial charge in [0.1, 0.15) is 6.04 Å². The van der Waals surface area contributed by atoms with Gasteiger partial charge in [-0.15, -0.1) is 0 Å². The van der Waals surface area contributed by atoms with Crippen molar-refractivity contribution < 1.29 is 14.7 Å². The molecule has 0 aliphatic carbocycles. The molecule has 6 nitrogen and oxygen atoms in total. The van der Waals surface area contributed by atoms with Gasteiger partial charge in [-0.1, -0.05) is 25.7 Å². The van der Waals surface area contributed by atoms with Crippen LogP contribution in [-0.2, 0) is 4.79 Å². The minimum Gasteiger partial charge on any atom is -0.395 e. The lowest BCUT2D eigenvalue weighted by molar-refractivity contribution is -0.120. The van der Waals surface area contributed by atoms with Crippen LogP contribution >= 0.6 is 0 Å². The smallest absolute Gasteiger partial charge is 0.253 e. The van der Waals surface area contributed by atoms with Gasteiger partial charge < -0.3 is 16.2 Å².